The van der Waals surface area contributed by atoms with Crippen LogP contribution in [0.3, 0.4) is 0 Å². The SMILES string of the molecule is O=C(c1ccccc1)c1cc2c(nc1-c1ccccc1)C=CNS2. The van der Waals surface area contributed by atoms with Gasteiger partial charge in [0.05, 0.1) is 21.8 Å². The second-order valence-electron chi connectivity index (χ2n) is 5.38. The smallest absolute Gasteiger partial charge is 0.195 e. The molecule has 4 rings (SSSR count). The number of aromatic nitrogens is 1. The number of pyridine rings is 1. The van der Waals surface area contributed by atoms with Crippen LogP contribution in [0.15, 0.2) is 77.8 Å². The zero-order valence-electron chi connectivity index (χ0n) is 12.8. The highest BCUT2D eigenvalue weighted by Crippen LogP contribution is 2.32. The Balaban J connectivity index is 1.91. The molecule has 2 heterocycles. The molecule has 1 N–H and O–H groups in total. The minimum Gasteiger partial charge on any atom is -0.332 e. The van der Waals surface area contributed by atoms with E-state index in [0.717, 1.165) is 21.8 Å². The van der Waals surface area contributed by atoms with Gasteiger partial charge in [0.25, 0.3) is 0 Å². The molecule has 1 aromatic heterocycles. The Morgan fingerprint density at radius 2 is 1.67 bits per heavy atom. The lowest BCUT2D eigenvalue weighted by molar-refractivity contribution is 0.103. The third-order valence-corrected chi connectivity index (χ3v) is 4.62. The molecule has 0 fully saturated rings. The highest BCUT2D eigenvalue weighted by atomic mass is 32.2. The number of carbonyl (C=O) groups excluding carboxylic acids is 1. The van der Waals surface area contributed by atoms with Gasteiger partial charge < -0.3 is 4.72 Å². The molecule has 0 bridgehead atoms. The standard InChI is InChI=1S/C20H14N2OS/c23-20(15-9-5-2-6-10-15)16-13-18-17(11-12-21-24-18)22-19(16)14-7-3-1-4-8-14/h1-13,21H. The van der Waals surface area contributed by atoms with Gasteiger partial charge in [0.2, 0.25) is 0 Å². The van der Waals surface area contributed by atoms with Crippen molar-refractivity contribution in [1.82, 2.24) is 9.71 Å². The second kappa shape index (κ2) is 6.34. The zero-order chi connectivity index (χ0) is 16.4. The lowest BCUT2D eigenvalue weighted by Gasteiger charge is -2.15. The molecule has 4 heteroatoms. The summed E-state index contributed by atoms with van der Waals surface area (Å²) in [7, 11) is 0. The first kappa shape index (κ1) is 14.7. The molecular weight excluding hydrogens is 316 g/mol. The molecule has 0 spiro atoms. The number of hydrogen-bond acceptors (Lipinski definition) is 4. The van der Waals surface area contributed by atoms with Gasteiger partial charge in [0, 0.05) is 17.3 Å². The van der Waals surface area contributed by atoms with Crippen LogP contribution in [-0.2, 0) is 0 Å². The summed E-state index contributed by atoms with van der Waals surface area (Å²) in [5.74, 6) is -0.0140. The third kappa shape index (κ3) is 2.72. The van der Waals surface area contributed by atoms with Gasteiger partial charge in [0.15, 0.2) is 5.78 Å². The molecule has 3 nitrogen and oxygen atoms in total. The first-order valence-electron chi connectivity index (χ1n) is 7.62. The summed E-state index contributed by atoms with van der Waals surface area (Å²) in [6.07, 6.45) is 3.78. The number of nitrogens with zero attached hydrogens (tertiary/aromatic N) is 1. The second-order valence-corrected chi connectivity index (χ2v) is 6.26. The van der Waals surface area contributed by atoms with Crippen LogP contribution in [0, 0.1) is 0 Å². The number of rotatable bonds is 3. The average Bonchev–Trinajstić information content (AvgIpc) is 2.68. The van der Waals surface area contributed by atoms with Gasteiger partial charge in [-0.25, -0.2) is 4.98 Å². The Morgan fingerprint density at radius 3 is 2.42 bits per heavy atom. The van der Waals surface area contributed by atoms with Crippen LogP contribution < -0.4 is 4.72 Å². The van der Waals surface area contributed by atoms with Crippen molar-refractivity contribution in [2.24, 2.45) is 0 Å². The van der Waals surface area contributed by atoms with Crippen LogP contribution >= 0.6 is 11.9 Å². The maximum absolute atomic E-state index is 13.0. The minimum atomic E-state index is -0.0140. The first-order chi connectivity index (χ1) is 11.8. The number of hydrogen-bond donors (Lipinski definition) is 1. The molecule has 0 saturated carbocycles. The molecule has 2 aromatic carbocycles. The molecule has 1 aliphatic heterocycles. The van der Waals surface area contributed by atoms with E-state index in [0.29, 0.717) is 11.1 Å². The summed E-state index contributed by atoms with van der Waals surface area (Å²) in [4.78, 5) is 18.8. The monoisotopic (exact) mass is 330 g/mol. The Kier molecular flexibility index (Phi) is 3.89. The van der Waals surface area contributed by atoms with Crippen molar-refractivity contribution in [3.05, 3.63) is 89.8 Å². The van der Waals surface area contributed by atoms with E-state index < -0.39 is 0 Å². The van der Waals surface area contributed by atoms with Crippen LogP contribution in [0.4, 0.5) is 0 Å². The Morgan fingerprint density at radius 1 is 0.958 bits per heavy atom. The van der Waals surface area contributed by atoms with E-state index in [4.69, 9.17) is 4.98 Å². The van der Waals surface area contributed by atoms with Crippen molar-refractivity contribution in [2.75, 3.05) is 0 Å². The molecule has 24 heavy (non-hydrogen) atoms. The van der Waals surface area contributed by atoms with Crippen molar-refractivity contribution in [1.29, 1.82) is 0 Å². The average molecular weight is 330 g/mol. The van der Waals surface area contributed by atoms with Crippen LogP contribution in [0.2, 0.25) is 0 Å². The predicted octanol–water partition coefficient (Wildman–Crippen LogP) is 4.56. The van der Waals surface area contributed by atoms with Crippen molar-refractivity contribution in [2.45, 2.75) is 4.90 Å². The van der Waals surface area contributed by atoms with E-state index >= 15 is 0 Å². The molecule has 0 amide bonds. The summed E-state index contributed by atoms with van der Waals surface area (Å²) < 4.78 is 3.09. The quantitative estimate of drug-likeness (QED) is 0.565. The number of ketones is 1. The molecular formula is C20H14N2OS. The van der Waals surface area contributed by atoms with Crippen LogP contribution in [-0.4, -0.2) is 10.8 Å². The van der Waals surface area contributed by atoms with E-state index in [-0.39, 0.29) is 5.78 Å². The molecule has 3 aromatic rings. The first-order valence-corrected chi connectivity index (χ1v) is 8.44. The van der Waals surface area contributed by atoms with E-state index in [1.54, 1.807) is 0 Å². The molecule has 116 valence electrons. The topological polar surface area (TPSA) is 42.0 Å². The van der Waals surface area contributed by atoms with Gasteiger partial charge in [-0.1, -0.05) is 60.7 Å². The fourth-order valence-corrected chi connectivity index (χ4v) is 3.31. The van der Waals surface area contributed by atoms with E-state index in [2.05, 4.69) is 4.72 Å². The number of fused-ring (bicyclic) bond motifs is 1. The number of benzene rings is 2. The number of carbonyl (C=O) groups is 1. The molecule has 0 aliphatic carbocycles. The van der Waals surface area contributed by atoms with Crippen LogP contribution in [0.5, 0.6) is 0 Å². The molecule has 0 atom stereocenters. The third-order valence-electron chi connectivity index (χ3n) is 3.82. The Labute approximate surface area is 144 Å². The predicted molar refractivity (Wildman–Crippen MR) is 97.6 cm³/mol. The summed E-state index contributed by atoms with van der Waals surface area (Å²) >= 11 is 1.47. The highest BCUT2D eigenvalue weighted by molar-refractivity contribution is 7.97. The largest absolute Gasteiger partial charge is 0.332 e. The van der Waals surface area contributed by atoms with E-state index in [1.165, 1.54) is 11.9 Å². The summed E-state index contributed by atoms with van der Waals surface area (Å²) in [5.41, 5.74) is 3.82. The van der Waals surface area contributed by atoms with E-state index in [1.807, 2.05) is 79.0 Å². The normalized spacial score (nSPS) is 12.3. The van der Waals surface area contributed by atoms with E-state index in [9.17, 15) is 4.79 Å². The fraction of sp³-hybridized carbons (Fsp3) is 0. The Bertz CT molecular complexity index is 921. The number of nitrogens with one attached hydrogen (secondary N) is 1. The van der Waals surface area contributed by atoms with Crippen LogP contribution in [0.25, 0.3) is 17.3 Å². The van der Waals surface area contributed by atoms with Crippen molar-refractivity contribution in [3.63, 3.8) is 0 Å². The molecule has 0 radical (unpaired) electrons. The summed E-state index contributed by atoms with van der Waals surface area (Å²) in [6.45, 7) is 0. The molecule has 0 unspecified atom stereocenters. The van der Waals surface area contributed by atoms with Crippen molar-refractivity contribution < 1.29 is 4.79 Å². The lowest BCUT2D eigenvalue weighted by atomic mass is 9.97. The van der Waals surface area contributed by atoms with Crippen LogP contribution in [0.1, 0.15) is 21.6 Å². The zero-order valence-corrected chi connectivity index (χ0v) is 13.6. The highest BCUT2D eigenvalue weighted by Gasteiger charge is 2.20. The van der Waals surface area contributed by atoms with Gasteiger partial charge in [-0.05, 0) is 24.1 Å². The minimum absolute atomic E-state index is 0.0140. The summed E-state index contributed by atoms with van der Waals surface area (Å²) in [6, 6.07) is 21.1. The Hall–Kier alpha value is -2.85. The maximum atomic E-state index is 13.0. The fourth-order valence-electron chi connectivity index (χ4n) is 2.65. The summed E-state index contributed by atoms with van der Waals surface area (Å²) in [5, 5.41) is 0. The van der Waals surface area contributed by atoms with Gasteiger partial charge in [-0.2, -0.15) is 0 Å². The molecule has 1 aliphatic rings. The lowest BCUT2D eigenvalue weighted by Crippen LogP contribution is -2.09. The van der Waals surface area contributed by atoms with Gasteiger partial charge in [-0.15, -0.1) is 0 Å². The van der Waals surface area contributed by atoms with Gasteiger partial charge >= 0.3 is 0 Å². The van der Waals surface area contributed by atoms with Gasteiger partial charge in [-0.3, -0.25) is 4.79 Å². The van der Waals surface area contributed by atoms with Crippen molar-refractivity contribution in [3.8, 4) is 11.3 Å². The van der Waals surface area contributed by atoms with Gasteiger partial charge in [0.1, 0.15) is 0 Å². The van der Waals surface area contributed by atoms with Crippen molar-refractivity contribution >= 4 is 23.8 Å². The molecule has 0 saturated heterocycles. The maximum Gasteiger partial charge on any atom is 0.195 e.